The number of nitrogens with one attached hydrogen (secondary N) is 1. The van der Waals surface area contributed by atoms with Crippen molar-refractivity contribution < 1.29 is 19.7 Å². The molecular weight excluding hydrogens is 480 g/mol. The summed E-state index contributed by atoms with van der Waals surface area (Å²) in [6.07, 6.45) is 0. The van der Waals surface area contributed by atoms with Crippen molar-refractivity contribution >= 4 is 22.6 Å². The van der Waals surface area contributed by atoms with E-state index in [0.29, 0.717) is 44.5 Å². The molecule has 0 aliphatic heterocycles. The molecule has 0 fully saturated rings. The molecule has 5 aromatic rings. The van der Waals surface area contributed by atoms with Gasteiger partial charge in [0.05, 0.1) is 25.3 Å². The Bertz CT molecular complexity index is 1670. The number of hydrogen-bond donors (Lipinski definition) is 3. The summed E-state index contributed by atoms with van der Waals surface area (Å²) in [4.78, 5) is 15.8. The van der Waals surface area contributed by atoms with Gasteiger partial charge in [-0.1, -0.05) is 48.0 Å². The molecule has 0 aliphatic carbocycles. The lowest BCUT2D eigenvalue weighted by Gasteiger charge is -2.14. The molecule has 182 valence electrons. The molecule has 3 aromatic carbocycles. The van der Waals surface area contributed by atoms with Gasteiger partial charge in [-0.25, -0.2) is 0 Å². The first-order valence-corrected chi connectivity index (χ1v) is 11.5. The lowest BCUT2D eigenvalue weighted by Crippen LogP contribution is -2.10. The Balaban J connectivity index is 1.68. The largest absolute Gasteiger partial charge is 0.505 e. The van der Waals surface area contributed by atoms with Gasteiger partial charge < -0.3 is 24.7 Å². The van der Waals surface area contributed by atoms with Gasteiger partial charge in [-0.15, -0.1) is 0 Å². The summed E-state index contributed by atoms with van der Waals surface area (Å²) in [6.45, 7) is 1.83. The highest BCUT2D eigenvalue weighted by Gasteiger charge is 2.22. The first kappa shape index (κ1) is 23.4. The minimum Gasteiger partial charge on any atom is -0.505 e. The van der Waals surface area contributed by atoms with E-state index in [0.717, 1.165) is 11.1 Å². The average molecular weight is 503 g/mol. The van der Waals surface area contributed by atoms with Gasteiger partial charge in [0.2, 0.25) is 0 Å². The molecule has 0 saturated carbocycles. The summed E-state index contributed by atoms with van der Waals surface area (Å²) in [5, 5.41) is 22.2. The van der Waals surface area contributed by atoms with Gasteiger partial charge in [0.15, 0.2) is 17.2 Å². The fourth-order valence-electron chi connectivity index (χ4n) is 4.54. The fourth-order valence-corrected chi connectivity index (χ4v) is 4.83. The summed E-state index contributed by atoms with van der Waals surface area (Å²) >= 11 is 6.58. The second-order valence-corrected chi connectivity index (χ2v) is 8.67. The van der Waals surface area contributed by atoms with Crippen LogP contribution >= 0.6 is 11.6 Å². The number of phenols is 1. The highest BCUT2D eigenvalue weighted by atomic mass is 35.5. The maximum Gasteiger partial charge on any atom is 0.260 e. The highest BCUT2D eigenvalue weighted by molar-refractivity contribution is 6.31. The molecule has 0 radical (unpaired) electrons. The Morgan fingerprint density at radius 2 is 1.50 bits per heavy atom. The maximum atomic E-state index is 13.0. The van der Waals surface area contributed by atoms with Gasteiger partial charge in [-0.2, -0.15) is 0 Å². The summed E-state index contributed by atoms with van der Waals surface area (Å²) in [5.74, 6) is 0.846. The standard InChI is InChI=1S/C28H23ClN2O5/c1-15-18(6-4-8-21(15)35-2)24-27(33)25-20(30-28(24)34)14-23(29)31(25)17-12-10-16(11-13-17)19-7-5-9-22(36-3)26(19)32/h4-14,32H,1-3H3,(H2,30,33,34). The predicted octanol–water partition coefficient (Wildman–Crippen LogP) is 6.04. The number of pyridine rings is 1. The molecule has 36 heavy (non-hydrogen) atoms. The molecule has 2 aromatic heterocycles. The summed E-state index contributed by atoms with van der Waals surface area (Å²) in [7, 11) is 3.05. The van der Waals surface area contributed by atoms with E-state index in [1.54, 1.807) is 54.1 Å². The number of benzene rings is 3. The van der Waals surface area contributed by atoms with Crippen molar-refractivity contribution in [3.63, 3.8) is 0 Å². The number of nitrogens with zero attached hydrogens (tertiary/aromatic N) is 1. The van der Waals surface area contributed by atoms with E-state index in [1.807, 2.05) is 31.2 Å². The number of fused-ring (bicyclic) bond motifs is 1. The lowest BCUT2D eigenvalue weighted by molar-refractivity contribution is 0.374. The predicted molar refractivity (Wildman–Crippen MR) is 141 cm³/mol. The van der Waals surface area contributed by atoms with Crippen molar-refractivity contribution in [1.82, 2.24) is 9.55 Å². The van der Waals surface area contributed by atoms with Crippen LogP contribution in [0.2, 0.25) is 5.15 Å². The number of aromatic nitrogens is 2. The van der Waals surface area contributed by atoms with Crippen LogP contribution in [0.4, 0.5) is 0 Å². The van der Waals surface area contributed by atoms with E-state index in [4.69, 9.17) is 21.1 Å². The van der Waals surface area contributed by atoms with Gasteiger partial charge in [-0.05, 0) is 53.9 Å². The molecule has 5 rings (SSSR count). The first-order valence-electron chi connectivity index (χ1n) is 11.1. The van der Waals surface area contributed by atoms with Gasteiger partial charge in [0.1, 0.15) is 16.4 Å². The van der Waals surface area contributed by atoms with Crippen LogP contribution in [0, 0.1) is 6.92 Å². The Kier molecular flexibility index (Phi) is 5.86. The molecule has 3 N–H and O–H groups in total. The minimum atomic E-state index is -0.436. The molecule has 0 bridgehead atoms. The van der Waals surface area contributed by atoms with Crippen LogP contribution < -0.4 is 15.0 Å². The molecular formula is C28H23ClN2O5. The van der Waals surface area contributed by atoms with Gasteiger partial charge in [0, 0.05) is 11.3 Å². The summed E-state index contributed by atoms with van der Waals surface area (Å²) in [5.41, 5.74) is 3.81. The zero-order chi connectivity index (χ0) is 25.6. The van der Waals surface area contributed by atoms with Crippen molar-refractivity contribution in [3.05, 3.63) is 87.8 Å². The zero-order valence-corrected chi connectivity index (χ0v) is 20.6. The Morgan fingerprint density at radius 1 is 0.861 bits per heavy atom. The number of H-pyrrole nitrogens is 1. The third kappa shape index (κ3) is 3.65. The Hall–Kier alpha value is -4.36. The SMILES string of the molecule is COc1cccc(-c2c(O)c3c(cc(Cl)n3-c3ccc(-c4cccc(OC)c4O)cc3)[nH]c2=O)c1C. The number of hydrogen-bond acceptors (Lipinski definition) is 5. The van der Waals surface area contributed by atoms with Gasteiger partial charge in [0.25, 0.3) is 5.56 Å². The van der Waals surface area contributed by atoms with E-state index in [1.165, 1.54) is 7.11 Å². The van der Waals surface area contributed by atoms with Crippen molar-refractivity contribution in [2.75, 3.05) is 14.2 Å². The molecule has 0 unspecified atom stereocenters. The normalized spacial score (nSPS) is 11.1. The third-order valence-corrected chi connectivity index (χ3v) is 6.60. The van der Waals surface area contributed by atoms with Crippen LogP contribution in [-0.4, -0.2) is 34.0 Å². The minimum absolute atomic E-state index is 0.0470. The number of rotatable bonds is 5. The molecule has 0 amide bonds. The molecule has 0 saturated heterocycles. The first-order chi connectivity index (χ1) is 17.3. The molecule has 8 heteroatoms. The molecule has 0 atom stereocenters. The van der Waals surface area contributed by atoms with Gasteiger partial charge in [-0.3, -0.25) is 9.36 Å². The van der Waals surface area contributed by atoms with Crippen molar-refractivity contribution in [3.8, 4) is 50.9 Å². The Morgan fingerprint density at radius 3 is 2.17 bits per heavy atom. The van der Waals surface area contributed by atoms with Crippen LogP contribution in [0.5, 0.6) is 23.0 Å². The second kappa shape index (κ2) is 9.02. The monoisotopic (exact) mass is 502 g/mol. The maximum absolute atomic E-state index is 13.0. The van der Waals surface area contributed by atoms with Crippen LogP contribution in [0.15, 0.2) is 71.5 Å². The van der Waals surface area contributed by atoms with Gasteiger partial charge >= 0.3 is 0 Å². The summed E-state index contributed by atoms with van der Waals surface area (Å²) in [6, 6.07) is 19.5. The van der Waals surface area contributed by atoms with Crippen molar-refractivity contribution in [2.45, 2.75) is 6.92 Å². The molecule has 0 aliphatic rings. The second-order valence-electron chi connectivity index (χ2n) is 8.28. The number of halogens is 1. The Labute approximate surface area is 211 Å². The van der Waals surface area contributed by atoms with Crippen molar-refractivity contribution in [2.24, 2.45) is 0 Å². The fraction of sp³-hybridized carbons (Fsp3) is 0.107. The number of aromatic hydroxyl groups is 2. The van der Waals surface area contributed by atoms with Crippen LogP contribution in [-0.2, 0) is 0 Å². The topological polar surface area (TPSA) is 96.7 Å². The zero-order valence-electron chi connectivity index (χ0n) is 19.8. The molecule has 0 spiro atoms. The van der Waals surface area contributed by atoms with Crippen molar-refractivity contribution in [1.29, 1.82) is 0 Å². The lowest BCUT2D eigenvalue weighted by atomic mass is 9.99. The number of methoxy groups -OCH3 is 2. The number of ether oxygens (including phenoxy) is 2. The highest BCUT2D eigenvalue weighted by Crippen LogP contribution is 2.40. The van der Waals surface area contributed by atoms with E-state index in [-0.39, 0.29) is 17.1 Å². The van der Waals surface area contributed by atoms with E-state index >= 15 is 0 Å². The quantitative estimate of drug-likeness (QED) is 0.272. The average Bonchev–Trinajstić information content (AvgIpc) is 3.21. The van der Waals surface area contributed by atoms with E-state index in [9.17, 15) is 15.0 Å². The number of para-hydroxylation sites is 1. The van der Waals surface area contributed by atoms with E-state index < -0.39 is 5.56 Å². The number of phenolic OH excluding ortho intramolecular Hbond substituents is 1. The summed E-state index contributed by atoms with van der Waals surface area (Å²) < 4.78 is 12.3. The molecule has 2 heterocycles. The van der Waals surface area contributed by atoms with Crippen LogP contribution in [0.1, 0.15) is 5.56 Å². The number of aromatic amines is 1. The smallest absolute Gasteiger partial charge is 0.260 e. The van der Waals surface area contributed by atoms with Crippen LogP contribution in [0.25, 0.3) is 39.0 Å². The third-order valence-electron chi connectivity index (χ3n) is 6.32. The van der Waals surface area contributed by atoms with Crippen LogP contribution in [0.3, 0.4) is 0 Å². The van der Waals surface area contributed by atoms with E-state index in [2.05, 4.69) is 4.98 Å². The molecule has 7 nitrogen and oxygen atoms in total.